The van der Waals surface area contributed by atoms with Crippen molar-refractivity contribution in [2.45, 2.75) is 39.5 Å². The van der Waals surface area contributed by atoms with E-state index in [2.05, 4.69) is 24.5 Å². The van der Waals surface area contributed by atoms with E-state index in [1.54, 1.807) is 7.05 Å². The van der Waals surface area contributed by atoms with Crippen molar-refractivity contribution < 1.29 is 19.1 Å². The Morgan fingerprint density at radius 3 is 2.24 bits per heavy atom. The van der Waals surface area contributed by atoms with Gasteiger partial charge in [-0.1, -0.05) is 20.3 Å². The van der Waals surface area contributed by atoms with Crippen molar-refractivity contribution in [2.24, 2.45) is 5.92 Å². The summed E-state index contributed by atoms with van der Waals surface area (Å²) in [6.45, 7) is 7.20. The predicted octanol–water partition coefficient (Wildman–Crippen LogP) is 1.10. The number of hydrogen-bond donors (Lipinski definition) is 2. The Morgan fingerprint density at radius 1 is 1.00 bits per heavy atom. The van der Waals surface area contributed by atoms with Crippen LogP contribution in [0.5, 0.6) is 0 Å². The molecular formula is C15H30N2O4. The largest absolute Gasteiger partial charge is 0.379 e. The minimum absolute atomic E-state index is 0.129. The van der Waals surface area contributed by atoms with E-state index in [1.165, 1.54) is 6.42 Å². The van der Waals surface area contributed by atoms with Gasteiger partial charge in [0.15, 0.2) is 0 Å². The monoisotopic (exact) mass is 302 g/mol. The lowest BCUT2D eigenvalue weighted by molar-refractivity contribution is -0.126. The van der Waals surface area contributed by atoms with Crippen molar-refractivity contribution in [2.75, 3.05) is 40.0 Å². The molecule has 0 aromatic rings. The zero-order valence-electron chi connectivity index (χ0n) is 13.6. The Bertz CT molecular complexity index is 285. The lowest BCUT2D eigenvalue weighted by Gasteiger charge is -2.09. The van der Waals surface area contributed by atoms with Crippen LogP contribution in [0.15, 0.2) is 0 Å². The van der Waals surface area contributed by atoms with Crippen LogP contribution in [-0.4, -0.2) is 51.8 Å². The minimum Gasteiger partial charge on any atom is -0.379 e. The van der Waals surface area contributed by atoms with Gasteiger partial charge in [0.2, 0.25) is 11.8 Å². The molecule has 21 heavy (non-hydrogen) atoms. The van der Waals surface area contributed by atoms with Crippen LogP contribution in [0, 0.1) is 5.92 Å². The van der Waals surface area contributed by atoms with E-state index in [-0.39, 0.29) is 24.7 Å². The summed E-state index contributed by atoms with van der Waals surface area (Å²) < 4.78 is 10.8. The van der Waals surface area contributed by atoms with Gasteiger partial charge in [-0.15, -0.1) is 0 Å². The highest BCUT2D eigenvalue weighted by Gasteiger charge is 2.04. The molecule has 0 aliphatic heterocycles. The van der Waals surface area contributed by atoms with E-state index in [0.717, 1.165) is 13.0 Å². The first kappa shape index (κ1) is 19.9. The highest BCUT2D eigenvalue weighted by molar-refractivity contribution is 5.83. The summed E-state index contributed by atoms with van der Waals surface area (Å²) in [5.74, 6) is 0.443. The van der Waals surface area contributed by atoms with Gasteiger partial charge in [0.25, 0.3) is 0 Å². The van der Waals surface area contributed by atoms with Gasteiger partial charge >= 0.3 is 0 Å². The number of ether oxygens (including phenoxy) is 2. The van der Waals surface area contributed by atoms with Crippen molar-refractivity contribution in [1.29, 1.82) is 0 Å². The maximum atomic E-state index is 11.4. The first-order valence-electron chi connectivity index (χ1n) is 7.72. The van der Waals surface area contributed by atoms with Crippen LogP contribution >= 0.6 is 0 Å². The van der Waals surface area contributed by atoms with E-state index in [1.807, 2.05) is 0 Å². The summed E-state index contributed by atoms with van der Waals surface area (Å²) in [7, 11) is 1.55. The third kappa shape index (κ3) is 13.6. The van der Waals surface area contributed by atoms with Crippen molar-refractivity contribution >= 4 is 11.8 Å². The van der Waals surface area contributed by atoms with Gasteiger partial charge in [0.1, 0.15) is 0 Å². The quantitative estimate of drug-likeness (QED) is 0.500. The molecular weight excluding hydrogens is 272 g/mol. The first-order chi connectivity index (χ1) is 10.1. The molecule has 0 aliphatic carbocycles. The molecule has 6 heteroatoms. The average Bonchev–Trinajstić information content (AvgIpc) is 2.50. The summed E-state index contributed by atoms with van der Waals surface area (Å²) in [5.41, 5.74) is 0. The van der Waals surface area contributed by atoms with Gasteiger partial charge in [-0.05, 0) is 12.3 Å². The molecule has 0 heterocycles. The molecule has 0 radical (unpaired) electrons. The number of carbonyl (C=O) groups is 2. The normalized spacial score (nSPS) is 12.0. The summed E-state index contributed by atoms with van der Waals surface area (Å²) in [5, 5.41) is 5.18. The zero-order chi connectivity index (χ0) is 15.9. The second-order valence-corrected chi connectivity index (χ2v) is 5.05. The number of amides is 2. The van der Waals surface area contributed by atoms with Crippen LogP contribution in [0.2, 0.25) is 0 Å². The fourth-order valence-corrected chi connectivity index (χ4v) is 1.51. The molecule has 1 unspecified atom stereocenters. The van der Waals surface area contributed by atoms with E-state index in [4.69, 9.17) is 9.47 Å². The molecule has 0 fully saturated rings. The SMILES string of the molecule is CCC(C)CCOCCOCCNC(=O)CCC(=O)NC. The first-order valence-corrected chi connectivity index (χ1v) is 7.72. The molecule has 0 aromatic heterocycles. The van der Waals surface area contributed by atoms with Crippen LogP contribution in [0.25, 0.3) is 0 Å². The van der Waals surface area contributed by atoms with Gasteiger partial charge < -0.3 is 20.1 Å². The second-order valence-electron chi connectivity index (χ2n) is 5.05. The summed E-state index contributed by atoms with van der Waals surface area (Å²) in [4.78, 5) is 22.3. The topological polar surface area (TPSA) is 76.7 Å². The molecule has 2 amide bonds. The molecule has 0 aliphatic rings. The van der Waals surface area contributed by atoms with Gasteiger partial charge in [0, 0.05) is 33.0 Å². The highest BCUT2D eigenvalue weighted by atomic mass is 16.5. The van der Waals surface area contributed by atoms with Gasteiger partial charge in [-0.2, -0.15) is 0 Å². The maximum absolute atomic E-state index is 11.4. The van der Waals surface area contributed by atoms with Crippen LogP contribution < -0.4 is 10.6 Å². The molecule has 124 valence electrons. The molecule has 0 bridgehead atoms. The van der Waals surface area contributed by atoms with Crippen molar-refractivity contribution in [3.8, 4) is 0 Å². The lowest BCUT2D eigenvalue weighted by atomic mass is 10.1. The van der Waals surface area contributed by atoms with Crippen molar-refractivity contribution in [3.63, 3.8) is 0 Å². The second kappa shape index (κ2) is 13.8. The van der Waals surface area contributed by atoms with Crippen molar-refractivity contribution in [3.05, 3.63) is 0 Å². The maximum Gasteiger partial charge on any atom is 0.220 e. The smallest absolute Gasteiger partial charge is 0.220 e. The Hall–Kier alpha value is -1.14. The molecule has 1 atom stereocenters. The van der Waals surface area contributed by atoms with E-state index >= 15 is 0 Å². The average molecular weight is 302 g/mol. The Kier molecular flexibility index (Phi) is 13.1. The van der Waals surface area contributed by atoms with Gasteiger partial charge in [-0.3, -0.25) is 9.59 Å². The predicted molar refractivity (Wildman–Crippen MR) is 82.0 cm³/mol. The van der Waals surface area contributed by atoms with E-state index < -0.39 is 0 Å². The number of nitrogens with one attached hydrogen (secondary N) is 2. The van der Waals surface area contributed by atoms with E-state index in [9.17, 15) is 9.59 Å². The molecule has 6 nitrogen and oxygen atoms in total. The lowest BCUT2D eigenvalue weighted by Crippen LogP contribution is -2.29. The summed E-state index contributed by atoms with van der Waals surface area (Å²) >= 11 is 0. The van der Waals surface area contributed by atoms with Crippen LogP contribution in [0.3, 0.4) is 0 Å². The van der Waals surface area contributed by atoms with E-state index in [0.29, 0.717) is 32.3 Å². The molecule has 0 aromatic carbocycles. The molecule has 0 saturated carbocycles. The van der Waals surface area contributed by atoms with Crippen LogP contribution in [-0.2, 0) is 19.1 Å². The zero-order valence-corrected chi connectivity index (χ0v) is 13.6. The molecule has 0 spiro atoms. The number of rotatable bonds is 13. The fraction of sp³-hybridized carbons (Fsp3) is 0.867. The minimum atomic E-state index is -0.132. The van der Waals surface area contributed by atoms with Gasteiger partial charge in [-0.25, -0.2) is 0 Å². The van der Waals surface area contributed by atoms with Crippen LogP contribution in [0.4, 0.5) is 0 Å². The molecule has 0 rings (SSSR count). The Balaban J connectivity index is 3.25. The highest BCUT2D eigenvalue weighted by Crippen LogP contribution is 2.05. The fourth-order valence-electron chi connectivity index (χ4n) is 1.51. The third-order valence-electron chi connectivity index (χ3n) is 3.25. The molecule has 2 N–H and O–H groups in total. The Morgan fingerprint density at radius 2 is 1.62 bits per heavy atom. The molecule has 0 saturated heterocycles. The third-order valence-corrected chi connectivity index (χ3v) is 3.25. The summed E-state index contributed by atoms with van der Waals surface area (Å²) in [6.07, 6.45) is 2.68. The summed E-state index contributed by atoms with van der Waals surface area (Å²) in [6, 6.07) is 0. The van der Waals surface area contributed by atoms with Crippen LogP contribution in [0.1, 0.15) is 39.5 Å². The van der Waals surface area contributed by atoms with Crippen molar-refractivity contribution in [1.82, 2.24) is 10.6 Å². The number of hydrogen-bond acceptors (Lipinski definition) is 4. The number of carbonyl (C=O) groups excluding carboxylic acids is 2. The standard InChI is InChI=1S/C15H30N2O4/c1-4-13(2)7-9-20-11-12-21-10-8-17-15(19)6-5-14(18)16-3/h13H,4-12H2,1-3H3,(H,16,18)(H,17,19). The van der Waals surface area contributed by atoms with Gasteiger partial charge in [0.05, 0.1) is 19.8 Å². The Labute approximate surface area is 127 Å².